The van der Waals surface area contributed by atoms with E-state index in [1.54, 1.807) is 0 Å². The molecule has 0 aliphatic carbocycles. The van der Waals surface area contributed by atoms with Gasteiger partial charge in [0.25, 0.3) is 12.1 Å². The minimum absolute atomic E-state index is 1.91. The van der Waals surface area contributed by atoms with E-state index < -0.39 is 18.3 Å². The van der Waals surface area contributed by atoms with Gasteiger partial charge in [-0.25, -0.2) is 4.39 Å². The van der Waals surface area contributed by atoms with Crippen molar-refractivity contribution in [1.82, 2.24) is 0 Å². The van der Waals surface area contributed by atoms with Crippen molar-refractivity contribution < 1.29 is 22.0 Å². The second-order valence-corrected chi connectivity index (χ2v) is 1.36. The van der Waals surface area contributed by atoms with Gasteiger partial charge in [0.05, 0.1) is 0 Å². The first kappa shape index (κ1) is 9.12. The molecule has 2 N–H and O–H groups in total. The Labute approximate surface area is 52.5 Å². The first-order valence-corrected chi connectivity index (χ1v) is 2.03. The van der Waals surface area contributed by atoms with Gasteiger partial charge in [0.1, 0.15) is 0 Å². The fourth-order valence-corrected chi connectivity index (χ4v) is 0.200. The molecule has 10 heavy (non-hydrogen) atoms. The van der Waals surface area contributed by atoms with Crippen LogP contribution in [-0.4, -0.2) is 18.3 Å². The maximum absolute atomic E-state index is 11.6. The van der Waals surface area contributed by atoms with E-state index in [2.05, 4.69) is 5.84 Å². The van der Waals surface area contributed by atoms with Crippen molar-refractivity contribution in [3.8, 4) is 0 Å². The Bertz CT molecular complexity index is 138. The Morgan fingerprint density at radius 3 is 1.90 bits per heavy atom. The Morgan fingerprint density at radius 1 is 1.40 bits per heavy atom. The van der Waals surface area contributed by atoms with Gasteiger partial charge in [-0.1, -0.05) is 0 Å². The SMILES string of the molecule is NN=C(F)C(F)C(F)(F)F. The quantitative estimate of drug-likeness (QED) is 0.267. The highest BCUT2D eigenvalue weighted by Gasteiger charge is 2.44. The average molecular weight is 162 g/mol. The van der Waals surface area contributed by atoms with E-state index in [9.17, 15) is 22.0 Å². The van der Waals surface area contributed by atoms with Crippen LogP contribution in [0.5, 0.6) is 0 Å². The molecule has 1 unspecified atom stereocenters. The molecule has 0 fully saturated rings. The van der Waals surface area contributed by atoms with Crippen LogP contribution < -0.4 is 5.84 Å². The van der Waals surface area contributed by atoms with Crippen LogP contribution >= 0.6 is 0 Å². The predicted octanol–water partition coefficient (Wildman–Crippen LogP) is 1.13. The fraction of sp³-hybridized carbons (Fsp3) is 0.667. The molecule has 0 radical (unpaired) electrons. The molecule has 0 aromatic heterocycles. The number of nitrogens with zero attached hydrogens (tertiary/aromatic N) is 1. The Morgan fingerprint density at radius 2 is 1.80 bits per heavy atom. The molecule has 0 saturated heterocycles. The molecule has 0 saturated carbocycles. The summed E-state index contributed by atoms with van der Waals surface area (Å²) in [4.78, 5) is 0. The zero-order valence-corrected chi connectivity index (χ0v) is 4.49. The van der Waals surface area contributed by atoms with Crippen LogP contribution in [0, 0.1) is 0 Å². The van der Waals surface area contributed by atoms with Crippen molar-refractivity contribution in [3.05, 3.63) is 0 Å². The minimum atomic E-state index is -5.27. The molecule has 0 heterocycles. The minimum Gasteiger partial charge on any atom is -0.321 e. The van der Waals surface area contributed by atoms with Gasteiger partial charge in [-0.05, 0) is 0 Å². The molecule has 2 nitrogen and oxygen atoms in total. The van der Waals surface area contributed by atoms with Crippen LogP contribution in [-0.2, 0) is 0 Å². The van der Waals surface area contributed by atoms with Gasteiger partial charge in [-0.15, -0.1) is 0 Å². The van der Waals surface area contributed by atoms with E-state index >= 15 is 0 Å². The molecule has 0 spiro atoms. The van der Waals surface area contributed by atoms with Crippen molar-refractivity contribution in [1.29, 1.82) is 0 Å². The zero-order chi connectivity index (χ0) is 8.36. The number of hydrogen-bond acceptors (Lipinski definition) is 2. The molecular weight excluding hydrogens is 159 g/mol. The maximum atomic E-state index is 11.6. The molecule has 60 valence electrons. The van der Waals surface area contributed by atoms with Gasteiger partial charge in [0, 0.05) is 0 Å². The molecule has 7 heteroatoms. The van der Waals surface area contributed by atoms with Crippen LogP contribution in [0.1, 0.15) is 0 Å². The lowest BCUT2D eigenvalue weighted by molar-refractivity contribution is -0.162. The average Bonchev–Trinajstić information content (AvgIpc) is 1.83. The number of nitrogens with two attached hydrogens (primary N) is 1. The topological polar surface area (TPSA) is 38.4 Å². The molecule has 0 rings (SSSR count). The lowest BCUT2D eigenvalue weighted by Crippen LogP contribution is -2.30. The number of alkyl halides is 4. The second kappa shape index (κ2) is 2.80. The summed E-state index contributed by atoms with van der Waals surface area (Å²) in [6, 6.07) is 0. The van der Waals surface area contributed by atoms with Crippen LogP contribution in [0.4, 0.5) is 22.0 Å². The van der Waals surface area contributed by atoms with Crippen molar-refractivity contribution in [3.63, 3.8) is 0 Å². The predicted molar refractivity (Wildman–Crippen MR) is 23.7 cm³/mol. The standard InChI is InChI=1S/C3H3F5N2/c4-1(2(5)10-9)3(6,7)8/h1H,9H2. The normalized spacial score (nSPS) is 17.1. The summed E-state index contributed by atoms with van der Waals surface area (Å²) >= 11 is 0. The van der Waals surface area contributed by atoms with Gasteiger partial charge in [-0.2, -0.15) is 22.7 Å². The third-order valence-electron chi connectivity index (χ3n) is 0.620. The van der Waals surface area contributed by atoms with Gasteiger partial charge in [0.15, 0.2) is 0 Å². The third-order valence-corrected chi connectivity index (χ3v) is 0.620. The highest BCUT2D eigenvalue weighted by Crippen LogP contribution is 2.24. The summed E-state index contributed by atoms with van der Waals surface area (Å²) in [5.41, 5.74) is 0. The highest BCUT2D eigenvalue weighted by atomic mass is 19.4. The molecular formula is C3H3F5N2. The summed E-state index contributed by atoms with van der Waals surface area (Å²) in [6.45, 7) is 0. The number of hydrazone groups is 1. The molecule has 1 atom stereocenters. The van der Waals surface area contributed by atoms with Crippen molar-refractivity contribution in [2.24, 2.45) is 10.9 Å². The van der Waals surface area contributed by atoms with Crippen molar-refractivity contribution >= 4 is 5.97 Å². The van der Waals surface area contributed by atoms with E-state index in [0.717, 1.165) is 0 Å². The molecule has 0 aromatic rings. The monoisotopic (exact) mass is 162 g/mol. The van der Waals surface area contributed by atoms with Crippen LogP contribution in [0.2, 0.25) is 0 Å². The van der Waals surface area contributed by atoms with Crippen LogP contribution in [0.3, 0.4) is 0 Å². The summed E-state index contributed by atoms with van der Waals surface area (Å²) in [5, 5.41) is 1.91. The molecule has 0 aliphatic heterocycles. The summed E-state index contributed by atoms with van der Waals surface area (Å²) in [7, 11) is 0. The Balaban J connectivity index is 4.23. The van der Waals surface area contributed by atoms with Gasteiger partial charge < -0.3 is 5.84 Å². The molecule has 0 amide bonds. The van der Waals surface area contributed by atoms with E-state index in [0.29, 0.717) is 0 Å². The first-order chi connectivity index (χ1) is 4.39. The maximum Gasteiger partial charge on any atom is 0.427 e. The van der Waals surface area contributed by atoms with E-state index in [4.69, 9.17) is 0 Å². The number of rotatable bonds is 1. The van der Waals surface area contributed by atoms with Gasteiger partial charge in [-0.3, -0.25) is 0 Å². The number of hydrogen-bond donors (Lipinski definition) is 1. The fourth-order valence-electron chi connectivity index (χ4n) is 0.200. The van der Waals surface area contributed by atoms with Gasteiger partial charge >= 0.3 is 6.18 Å². The van der Waals surface area contributed by atoms with E-state index in [-0.39, 0.29) is 0 Å². The Kier molecular flexibility index (Phi) is 2.56. The van der Waals surface area contributed by atoms with Crippen molar-refractivity contribution in [2.45, 2.75) is 12.3 Å². The lowest BCUT2D eigenvalue weighted by Gasteiger charge is -2.07. The van der Waals surface area contributed by atoms with Gasteiger partial charge in [0.2, 0.25) is 0 Å². The van der Waals surface area contributed by atoms with Crippen LogP contribution in [0.15, 0.2) is 5.10 Å². The summed E-state index contributed by atoms with van der Waals surface area (Å²) < 4.78 is 56.5. The van der Waals surface area contributed by atoms with Crippen molar-refractivity contribution in [2.75, 3.05) is 0 Å². The van der Waals surface area contributed by atoms with E-state index in [1.165, 1.54) is 0 Å². The lowest BCUT2D eigenvalue weighted by atomic mass is 10.4. The number of halogens is 5. The second-order valence-electron chi connectivity index (χ2n) is 1.36. The smallest absolute Gasteiger partial charge is 0.321 e. The zero-order valence-electron chi connectivity index (χ0n) is 4.49. The van der Waals surface area contributed by atoms with E-state index in [1.807, 2.05) is 5.10 Å². The highest BCUT2D eigenvalue weighted by molar-refractivity contribution is 5.79. The third kappa shape index (κ3) is 2.16. The molecule has 0 aromatic carbocycles. The largest absolute Gasteiger partial charge is 0.427 e. The van der Waals surface area contributed by atoms with Crippen LogP contribution in [0.25, 0.3) is 0 Å². The summed E-state index contributed by atoms with van der Waals surface area (Å²) in [6.07, 6.45) is -8.98. The first-order valence-electron chi connectivity index (χ1n) is 2.03. The molecule has 0 bridgehead atoms. The Hall–Kier alpha value is -0.880. The summed E-state index contributed by atoms with van der Waals surface area (Å²) in [5.74, 6) is 1.77. The molecule has 0 aliphatic rings.